The normalized spacial score (nSPS) is 11.6. The van der Waals surface area contributed by atoms with E-state index < -0.39 is 20.0 Å². The summed E-state index contributed by atoms with van der Waals surface area (Å²) in [4.78, 5) is 0.438. The van der Waals surface area contributed by atoms with Crippen molar-refractivity contribution in [2.45, 2.75) is 36.5 Å². The van der Waals surface area contributed by atoms with E-state index in [0.29, 0.717) is 12.8 Å². The van der Waals surface area contributed by atoms with Crippen LogP contribution in [-0.4, -0.2) is 29.9 Å². The van der Waals surface area contributed by atoms with E-state index in [-0.39, 0.29) is 22.9 Å². The van der Waals surface area contributed by atoms with Crippen molar-refractivity contribution < 1.29 is 16.8 Å². The predicted octanol–water partition coefficient (Wildman–Crippen LogP) is 2.34. The molecule has 0 bridgehead atoms. The van der Waals surface area contributed by atoms with Crippen LogP contribution in [0.5, 0.6) is 0 Å². The molecule has 0 unspecified atom stereocenters. The van der Waals surface area contributed by atoms with Crippen LogP contribution in [0.1, 0.15) is 24.0 Å². The minimum Gasteiger partial charge on any atom is -0.210 e. The summed E-state index contributed by atoms with van der Waals surface area (Å²) in [5.74, 6) is 5.68. The summed E-state index contributed by atoms with van der Waals surface area (Å²) in [6.45, 7) is 4.16. The van der Waals surface area contributed by atoms with Crippen LogP contribution in [0.3, 0.4) is 0 Å². The van der Waals surface area contributed by atoms with Gasteiger partial charge in [-0.15, -0.1) is 11.8 Å². The summed E-state index contributed by atoms with van der Waals surface area (Å²) >= 11 is 0. The monoisotopic (exact) mass is 420 g/mol. The van der Waals surface area contributed by atoms with E-state index in [9.17, 15) is 16.8 Å². The van der Waals surface area contributed by atoms with Crippen molar-refractivity contribution >= 4 is 20.0 Å². The molecule has 0 radical (unpaired) electrons. The molecule has 2 rings (SSSR count). The molecular formula is C20H24N2O4S2. The molecule has 0 aliphatic carbocycles. The quantitative estimate of drug-likeness (QED) is 0.506. The molecule has 0 aromatic heterocycles. The Bertz CT molecular complexity index is 962. The van der Waals surface area contributed by atoms with Gasteiger partial charge in [0, 0.05) is 25.9 Å². The molecule has 28 heavy (non-hydrogen) atoms. The molecule has 0 fully saturated rings. The lowest BCUT2D eigenvalue weighted by molar-refractivity contribution is 0.580. The van der Waals surface area contributed by atoms with E-state index in [2.05, 4.69) is 21.3 Å². The van der Waals surface area contributed by atoms with E-state index in [1.165, 1.54) is 0 Å². The van der Waals surface area contributed by atoms with Crippen LogP contribution in [0.15, 0.2) is 58.3 Å². The van der Waals surface area contributed by atoms with Gasteiger partial charge in [0.05, 0.1) is 9.79 Å². The molecule has 0 saturated carbocycles. The first-order valence-electron chi connectivity index (χ1n) is 8.79. The largest absolute Gasteiger partial charge is 0.240 e. The Hall–Kier alpha value is -2.18. The Labute approximate surface area is 167 Å². The fourth-order valence-corrected chi connectivity index (χ4v) is 4.34. The van der Waals surface area contributed by atoms with Crippen LogP contribution in [0.2, 0.25) is 0 Å². The smallest absolute Gasteiger partial charge is 0.210 e. The highest BCUT2D eigenvalue weighted by molar-refractivity contribution is 7.89. The average Bonchev–Trinajstić information content (AvgIpc) is 2.64. The van der Waals surface area contributed by atoms with Crippen LogP contribution in [0.25, 0.3) is 0 Å². The molecule has 6 nitrogen and oxygen atoms in total. The van der Waals surface area contributed by atoms with Gasteiger partial charge in [0.1, 0.15) is 0 Å². The zero-order chi connectivity index (χ0) is 20.6. The molecule has 0 heterocycles. The van der Waals surface area contributed by atoms with Crippen LogP contribution in [0.4, 0.5) is 0 Å². The Morgan fingerprint density at radius 1 is 0.643 bits per heavy atom. The SMILES string of the molecule is Cc1ccc(S(=O)(=O)NCCC#CCCNS(=O)(=O)c2ccc(C)cc2)cc1. The number of rotatable bonds is 8. The van der Waals surface area contributed by atoms with E-state index in [4.69, 9.17) is 0 Å². The van der Waals surface area contributed by atoms with E-state index in [1.54, 1.807) is 48.5 Å². The van der Waals surface area contributed by atoms with E-state index >= 15 is 0 Å². The highest BCUT2D eigenvalue weighted by Crippen LogP contribution is 2.10. The van der Waals surface area contributed by atoms with Crippen molar-refractivity contribution in [2.75, 3.05) is 13.1 Å². The summed E-state index contributed by atoms with van der Waals surface area (Å²) in [5.41, 5.74) is 1.98. The van der Waals surface area contributed by atoms with Gasteiger partial charge >= 0.3 is 0 Å². The summed E-state index contributed by atoms with van der Waals surface area (Å²) in [6.07, 6.45) is 0.686. The maximum absolute atomic E-state index is 12.1. The van der Waals surface area contributed by atoms with Crippen molar-refractivity contribution in [3.63, 3.8) is 0 Å². The molecule has 0 spiro atoms. The molecule has 0 aliphatic rings. The van der Waals surface area contributed by atoms with Crippen molar-refractivity contribution in [2.24, 2.45) is 0 Å². The summed E-state index contributed by atoms with van der Waals surface area (Å²) < 4.78 is 53.4. The predicted molar refractivity (Wildman–Crippen MR) is 110 cm³/mol. The third-order valence-corrected chi connectivity index (χ3v) is 6.83. The van der Waals surface area contributed by atoms with Gasteiger partial charge in [-0.1, -0.05) is 35.4 Å². The Balaban J connectivity index is 1.72. The maximum atomic E-state index is 12.1. The number of hydrogen-bond acceptors (Lipinski definition) is 4. The zero-order valence-electron chi connectivity index (χ0n) is 15.9. The second-order valence-corrected chi connectivity index (χ2v) is 9.81. The molecule has 2 N–H and O–H groups in total. The number of nitrogens with one attached hydrogen (secondary N) is 2. The van der Waals surface area contributed by atoms with Gasteiger partial charge in [0.25, 0.3) is 0 Å². The Morgan fingerprint density at radius 3 is 1.29 bits per heavy atom. The molecule has 2 aromatic carbocycles. The van der Waals surface area contributed by atoms with Crippen molar-refractivity contribution in [3.05, 3.63) is 59.7 Å². The third kappa shape index (κ3) is 6.77. The highest BCUT2D eigenvalue weighted by atomic mass is 32.2. The number of aryl methyl sites for hydroxylation is 2. The van der Waals surface area contributed by atoms with Gasteiger partial charge in [-0.25, -0.2) is 26.3 Å². The van der Waals surface area contributed by atoms with Crippen LogP contribution in [-0.2, 0) is 20.0 Å². The topological polar surface area (TPSA) is 92.3 Å². The van der Waals surface area contributed by atoms with Crippen LogP contribution >= 0.6 is 0 Å². The lowest BCUT2D eigenvalue weighted by atomic mass is 10.2. The van der Waals surface area contributed by atoms with Crippen molar-refractivity contribution in [1.82, 2.24) is 9.44 Å². The summed E-state index contributed by atoms with van der Waals surface area (Å²) in [6, 6.07) is 13.2. The highest BCUT2D eigenvalue weighted by Gasteiger charge is 2.13. The second-order valence-electron chi connectivity index (χ2n) is 6.28. The fraction of sp³-hybridized carbons (Fsp3) is 0.300. The van der Waals surface area contributed by atoms with Crippen molar-refractivity contribution in [3.8, 4) is 11.8 Å². The maximum Gasteiger partial charge on any atom is 0.240 e. The molecule has 0 saturated heterocycles. The first-order valence-corrected chi connectivity index (χ1v) is 11.8. The lowest BCUT2D eigenvalue weighted by Gasteiger charge is -2.05. The molecule has 8 heteroatoms. The number of hydrogen-bond donors (Lipinski definition) is 2. The first-order chi connectivity index (χ1) is 13.2. The molecule has 2 aromatic rings. The first kappa shape index (κ1) is 22.1. The van der Waals surface area contributed by atoms with Gasteiger partial charge in [-0.2, -0.15) is 0 Å². The number of sulfonamides is 2. The van der Waals surface area contributed by atoms with Crippen LogP contribution < -0.4 is 9.44 Å². The van der Waals surface area contributed by atoms with Crippen LogP contribution in [0, 0.1) is 25.7 Å². The molecule has 0 atom stereocenters. The molecular weight excluding hydrogens is 396 g/mol. The lowest BCUT2D eigenvalue weighted by Crippen LogP contribution is -2.25. The summed E-state index contributed by atoms with van der Waals surface area (Å²) in [7, 11) is -7.07. The van der Waals surface area contributed by atoms with E-state index in [0.717, 1.165) is 11.1 Å². The van der Waals surface area contributed by atoms with Gasteiger partial charge in [0.15, 0.2) is 0 Å². The number of benzene rings is 2. The Kier molecular flexibility index (Phi) is 7.78. The minimum atomic E-state index is -3.54. The second kappa shape index (κ2) is 9.85. The standard InChI is InChI=1S/C20H24N2O4S2/c1-17-7-11-19(12-8-17)27(23,24)21-15-5-3-4-6-16-22-28(25,26)20-13-9-18(2)10-14-20/h7-14,21-22H,5-6,15-16H2,1-2H3. The molecule has 150 valence electrons. The van der Waals surface area contributed by atoms with Crippen molar-refractivity contribution in [1.29, 1.82) is 0 Å². The van der Waals surface area contributed by atoms with E-state index in [1.807, 2.05) is 13.8 Å². The van der Waals surface area contributed by atoms with Gasteiger partial charge in [0.2, 0.25) is 20.0 Å². The molecule has 0 amide bonds. The third-order valence-electron chi connectivity index (χ3n) is 3.87. The zero-order valence-corrected chi connectivity index (χ0v) is 17.5. The fourth-order valence-electron chi connectivity index (χ4n) is 2.27. The summed E-state index contributed by atoms with van der Waals surface area (Å²) in [5, 5.41) is 0. The van der Waals surface area contributed by atoms with Gasteiger partial charge in [-0.3, -0.25) is 0 Å². The molecule has 0 aliphatic heterocycles. The van der Waals surface area contributed by atoms with Gasteiger partial charge in [-0.05, 0) is 38.1 Å². The average molecular weight is 421 g/mol. The minimum absolute atomic E-state index is 0.193. The van der Waals surface area contributed by atoms with Gasteiger partial charge < -0.3 is 0 Å². The Morgan fingerprint density at radius 2 is 0.964 bits per heavy atom.